The molecular formula is C16H15ClF3N3O5P+. The molecule has 1 aromatic heterocycles. The molecule has 0 saturated heterocycles. The maximum Gasteiger partial charge on any atom is 0.532 e. The lowest BCUT2D eigenvalue weighted by Gasteiger charge is -2.12. The van der Waals surface area contributed by atoms with Gasteiger partial charge in [-0.3, -0.25) is 10.1 Å². The summed E-state index contributed by atoms with van der Waals surface area (Å²) in [6, 6.07) is 4.25. The highest BCUT2D eigenvalue weighted by Crippen LogP contribution is 2.38. The van der Waals surface area contributed by atoms with Crippen molar-refractivity contribution in [2.45, 2.75) is 25.3 Å². The topological polar surface area (TPSA) is 104 Å². The van der Waals surface area contributed by atoms with Gasteiger partial charge in [-0.25, -0.2) is 4.98 Å². The van der Waals surface area contributed by atoms with E-state index in [2.05, 4.69) is 10.3 Å². The van der Waals surface area contributed by atoms with E-state index in [-0.39, 0.29) is 28.0 Å². The summed E-state index contributed by atoms with van der Waals surface area (Å²) >= 11 is 5.81. The van der Waals surface area contributed by atoms with Crippen molar-refractivity contribution in [3.8, 4) is 11.6 Å². The number of nitrogens with zero attached hydrogens (tertiary/aromatic N) is 2. The van der Waals surface area contributed by atoms with Crippen LogP contribution >= 0.6 is 19.6 Å². The molecule has 2 rings (SSSR count). The van der Waals surface area contributed by atoms with Crippen molar-refractivity contribution in [2.75, 3.05) is 12.4 Å². The third-order valence-electron chi connectivity index (χ3n) is 3.66. The highest BCUT2D eigenvalue weighted by Gasteiger charge is 2.33. The summed E-state index contributed by atoms with van der Waals surface area (Å²) in [7, 11) is -0.894. The van der Waals surface area contributed by atoms with Gasteiger partial charge in [-0.05, 0) is 16.7 Å². The Labute approximate surface area is 169 Å². The number of benzene rings is 1. The Bertz CT molecular complexity index is 929. The molecule has 2 aromatic rings. The summed E-state index contributed by atoms with van der Waals surface area (Å²) in [5.41, 5.74) is -1.38. The molecule has 0 amide bonds. The molecule has 1 N–H and O–H groups in total. The highest BCUT2D eigenvalue weighted by molar-refractivity contribution is 7.40. The fourth-order valence-electron chi connectivity index (χ4n) is 2.23. The maximum atomic E-state index is 12.7. The van der Waals surface area contributed by atoms with Gasteiger partial charge in [0.05, 0.1) is 17.6 Å². The Balaban J connectivity index is 2.35. The Morgan fingerprint density at radius 3 is 2.59 bits per heavy atom. The molecule has 0 bridgehead atoms. The van der Waals surface area contributed by atoms with Crippen molar-refractivity contribution in [2.24, 2.45) is 0 Å². The van der Waals surface area contributed by atoms with E-state index in [4.69, 9.17) is 20.9 Å². The maximum absolute atomic E-state index is 12.7. The van der Waals surface area contributed by atoms with Gasteiger partial charge in [-0.15, -0.1) is 4.52 Å². The summed E-state index contributed by atoms with van der Waals surface area (Å²) in [6.45, 7) is 1.71. The average Bonchev–Trinajstić information content (AvgIpc) is 2.66. The van der Waals surface area contributed by atoms with Crippen molar-refractivity contribution < 1.29 is 31.9 Å². The van der Waals surface area contributed by atoms with E-state index >= 15 is 0 Å². The number of pyridine rings is 1. The van der Waals surface area contributed by atoms with Crippen LogP contribution < -0.4 is 10.1 Å². The normalized spacial score (nSPS) is 13.0. The van der Waals surface area contributed by atoms with Crippen LogP contribution in [0.15, 0.2) is 30.5 Å². The number of nitrogens with one attached hydrogen (secondary N) is 1. The monoisotopic (exact) mass is 452 g/mol. The van der Waals surface area contributed by atoms with Crippen LogP contribution in [0.25, 0.3) is 0 Å². The van der Waals surface area contributed by atoms with Crippen molar-refractivity contribution in [3.63, 3.8) is 0 Å². The third-order valence-corrected chi connectivity index (χ3v) is 5.29. The molecule has 1 heterocycles. The lowest BCUT2D eigenvalue weighted by Crippen LogP contribution is -2.15. The second-order valence-corrected chi connectivity index (χ2v) is 7.55. The number of hydrogen-bond donors (Lipinski definition) is 1. The van der Waals surface area contributed by atoms with Gasteiger partial charge < -0.3 is 10.1 Å². The largest absolute Gasteiger partial charge is 0.532 e. The lowest BCUT2D eigenvalue weighted by molar-refractivity contribution is -0.384. The molecular weight excluding hydrogens is 438 g/mol. The second kappa shape index (κ2) is 9.34. The van der Waals surface area contributed by atoms with Gasteiger partial charge in [0, 0.05) is 24.8 Å². The predicted octanol–water partition coefficient (Wildman–Crippen LogP) is 5.99. The summed E-state index contributed by atoms with van der Waals surface area (Å²) in [6.07, 6.45) is -3.72. The van der Waals surface area contributed by atoms with Gasteiger partial charge in [-0.1, -0.05) is 18.5 Å². The number of nitro benzene ring substituents is 1. The second-order valence-electron chi connectivity index (χ2n) is 5.58. The van der Waals surface area contributed by atoms with Gasteiger partial charge in [0.25, 0.3) is 11.5 Å². The Morgan fingerprint density at radius 1 is 1.38 bits per heavy atom. The predicted molar refractivity (Wildman–Crippen MR) is 99.7 cm³/mol. The van der Waals surface area contributed by atoms with Crippen LogP contribution in [-0.2, 0) is 15.3 Å². The van der Waals surface area contributed by atoms with Gasteiger partial charge in [0.2, 0.25) is 5.88 Å². The minimum Gasteiger partial charge on any atom is -0.437 e. The van der Waals surface area contributed by atoms with Crippen molar-refractivity contribution >= 4 is 31.0 Å². The molecule has 29 heavy (non-hydrogen) atoms. The van der Waals surface area contributed by atoms with Crippen LogP contribution in [0.3, 0.4) is 0 Å². The molecule has 0 fully saturated rings. The zero-order valence-corrected chi connectivity index (χ0v) is 16.7. The zero-order chi connectivity index (χ0) is 21.8. The molecule has 2 atom stereocenters. The first-order chi connectivity index (χ1) is 13.6. The number of halogens is 4. The molecule has 2 unspecified atom stereocenters. The molecule has 0 saturated carbocycles. The quantitative estimate of drug-likeness (QED) is 0.298. The van der Waals surface area contributed by atoms with Gasteiger partial charge in [0.15, 0.2) is 0 Å². The highest BCUT2D eigenvalue weighted by atomic mass is 35.5. The molecule has 13 heteroatoms. The Morgan fingerprint density at radius 2 is 2.07 bits per heavy atom. The van der Waals surface area contributed by atoms with Crippen LogP contribution in [0.1, 0.15) is 18.9 Å². The molecule has 0 radical (unpaired) electrons. The van der Waals surface area contributed by atoms with Crippen LogP contribution in [0.2, 0.25) is 5.02 Å². The molecule has 156 valence electrons. The summed E-state index contributed by atoms with van der Waals surface area (Å²) in [4.78, 5) is 14.2. The van der Waals surface area contributed by atoms with E-state index < -0.39 is 30.5 Å². The molecule has 0 spiro atoms. The minimum absolute atomic E-state index is 0.0113. The van der Waals surface area contributed by atoms with Crippen LogP contribution in [0.5, 0.6) is 11.6 Å². The number of anilines is 1. The molecule has 8 nitrogen and oxygen atoms in total. The van der Waals surface area contributed by atoms with E-state index in [1.807, 2.05) is 0 Å². The zero-order valence-electron chi connectivity index (χ0n) is 15.1. The first kappa shape index (κ1) is 22.8. The first-order valence-corrected chi connectivity index (χ1v) is 9.65. The number of hydrogen-bond acceptors (Lipinski definition) is 7. The standard InChI is InChI=1S/C16H15ClF3N3O5P/c1-3-14(29(26)27-2)22-12-7-10(4-5-13(12)23(24)25)28-15-11(17)6-9(8-21-15)16(18,19)20/h4-8,14,22H,3H2,1-2H3/q+1. The summed E-state index contributed by atoms with van der Waals surface area (Å²) in [5.74, 6) is -0.999. The first-order valence-electron chi connectivity index (χ1n) is 8.02. The van der Waals surface area contributed by atoms with E-state index in [9.17, 15) is 27.9 Å². The molecule has 1 aromatic carbocycles. The van der Waals surface area contributed by atoms with E-state index in [1.165, 1.54) is 19.2 Å². The van der Waals surface area contributed by atoms with E-state index in [0.29, 0.717) is 18.7 Å². The van der Waals surface area contributed by atoms with Crippen molar-refractivity contribution in [3.05, 3.63) is 51.2 Å². The van der Waals surface area contributed by atoms with Crippen LogP contribution in [0.4, 0.5) is 24.5 Å². The van der Waals surface area contributed by atoms with Crippen LogP contribution in [-0.4, -0.2) is 22.8 Å². The van der Waals surface area contributed by atoms with Gasteiger partial charge in [-0.2, -0.15) is 13.2 Å². The fourth-order valence-corrected chi connectivity index (χ4v) is 3.23. The summed E-state index contributed by atoms with van der Waals surface area (Å²) < 4.78 is 60.2. The number of alkyl halides is 3. The van der Waals surface area contributed by atoms with E-state index in [1.54, 1.807) is 6.92 Å². The number of ether oxygens (including phenoxy) is 1. The molecule has 0 aliphatic rings. The van der Waals surface area contributed by atoms with Crippen molar-refractivity contribution in [1.29, 1.82) is 0 Å². The molecule has 0 aliphatic carbocycles. The number of aromatic nitrogens is 1. The average molecular weight is 453 g/mol. The SMILES string of the molecule is CCC(Nc1cc(Oc2ncc(C(F)(F)F)cc2Cl)ccc1[N+](=O)[O-])[P+](=O)OC. The van der Waals surface area contributed by atoms with Gasteiger partial charge in [0.1, 0.15) is 16.5 Å². The smallest absolute Gasteiger partial charge is 0.437 e. The van der Waals surface area contributed by atoms with Crippen molar-refractivity contribution in [1.82, 2.24) is 4.98 Å². The number of nitro groups is 1. The minimum atomic E-state index is -4.62. The Kier molecular flexibility index (Phi) is 7.34. The van der Waals surface area contributed by atoms with E-state index in [0.717, 1.165) is 6.07 Å². The van der Waals surface area contributed by atoms with Crippen LogP contribution in [0, 0.1) is 10.1 Å². The fraction of sp³-hybridized carbons (Fsp3) is 0.312. The third kappa shape index (κ3) is 5.75. The molecule has 0 aliphatic heterocycles. The van der Waals surface area contributed by atoms with Gasteiger partial charge >= 0.3 is 14.2 Å². The number of rotatable bonds is 8. The lowest BCUT2D eigenvalue weighted by atomic mass is 10.2. The Hall–Kier alpha value is -2.49. The summed E-state index contributed by atoms with van der Waals surface area (Å²) in [5, 5.41) is 13.6.